The number of cyclic esters (lactones) is 1. The summed E-state index contributed by atoms with van der Waals surface area (Å²) < 4.78 is 5.00. The molecule has 0 saturated carbocycles. The smallest absolute Gasteiger partial charge is 0.414 e. The van der Waals surface area contributed by atoms with Gasteiger partial charge in [-0.15, -0.1) is 0 Å². The summed E-state index contributed by atoms with van der Waals surface area (Å²) in [5.41, 5.74) is 1.37. The Morgan fingerprint density at radius 3 is 2.75 bits per heavy atom. The molecule has 1 fully saturated rings. The SMILES string of the molecule is CC[C@H]1COC(=O)N1c1ccc(C#N)cc1. The number of anilines is 1. The second-order valence-electron chi connectivity index (χ2n) is 3.67. The van der Waals surface area contributed by atoms with E-state index in [4.69, 9.17) is 10.00 Å². The monoisotopic (exact) mass is 216 g/mol. The van der Waals surface area contributed by atoms with Crippen molar-refractivity contribution in [1.29, 1.82) is 5.26 Å². The Labute approximate surface area is 94.0 Å². The molecule has 16 heavy (non-hydrogen) atoms. The number of hydrogen-bond acceptors (Lipinski definition) is 3. The highest BCUT2D eigenvalue weighted by Gasteiger charge is 2.32. The Bertz CT molecular complexity index is 433. The topological polar surface area (TPSA) is 53.3 Å². The molecule has 1 atom stereocenters. The maximum Gasteiger partial charge on any atom is 0.414 e. The van der Waals surface area contributed by atoms with Gasteiger partial charge in [0.05, 0.1) is 17.7 Å². The van der Waals surface area contributed by atoms with Gasteiger partial charge in [0.15, 0.2) is 0 Å². The van der Waals surface area contributed by atoms with Crippen LogP contribution in [0.2, 0.25) is 0 Å². The van der Waals surface area contributed by atoms with E-state index in [1.807, 2.05) is 13.0 Å². The van der Waals surface area contributed by atoms with Crippen molar-refractivity contribution in [3.05, 3.63) is 29.8 Å². The second kappa shape index (κ2) is 4.23. The minimum absolute atomic E-state index is 0.0976. The molecule has 1 aromatic carbocycles. The summed E-state index contributed by atoms with van der Waals surface area (Å²) in [7, 11) is 0. The first-order valence-corrected chi connectivity index (χ1v) is 5.22. The van der Waals surface area contributed by atoms with Crippen LogP contribution in [0.3, 0.4) is 0 Å². The average molecular weight is 216 g/mol. The number of hydrogen-bond donors (Lipinski definition) is 0. The van der Waals surface area contributed by atoms with Crippen LogP contribution in [-0.2, 0) is 4.74 Å². The molecule has 1 aromatic rings. The molecule has 2 rings (SSSR count). The zero-order valence-corrected chi connectivity index (χ0v) is 9.01. The maximum absolute atomic E-state index is 11.5. The van der Waals surface area contributed by atoms with Crippen LogP contribution in [0.1, 0.15) is 18.9 Å². The van der Waals surface area contributed by atoms with E-state index in [1.54, 1.807) is 29.2 Å². The van der Waals surface area contributed by atoms with Crippen LogP contribution in [0.4, 0.5) is 10.5 Å². The number of ether oxygens (including phenoxy) is 1. The second-order valence-corrected chi connectivity index (χ2v) is 3.67. The van der Waals surface area contributed by atoms with Gasteiger partial charge in [-0.05, 0) is 30.7 Å². The fourth-order valence-corrected chi connectivity index (χ4v) is 1.77. The van der Waals surface area contributed by atoms with Crippen molar-refractivity contribution in [1.82, 2.24) is 0 Å². The van der Waals surface area contributed by atoms with E-state index in [2.05, 4.69) is 0 Å². The Morgan fingerprint density at radius 2 is 2.19 bits per heavy atom. The first-order valence-electron chi connectivity index (χ1n) is 5.22. The third-order valence-electron chi connectivity index (χ3n) is 2.71. The first kappa shape index (κ1) is 10.5. The zero-order valence-electron chi connectivity index (χ0n) is 9.01. The van der Waals surface area contributed by atoms with Crippen molar-refractivity contribution < 1.29 is 9.53 Å². The van der Waals surface area contributed by atoms with Gasteiger partial charge in [-0.3, -0.25) is 4.90 Å². The summed E-state index contributed by atoms with van der Waals surface area (Å²) in [5, 5.41) is 8.69. The van der Waals surface area contributed by atoms with Crippen LogP contribution in [0.25, 0.3) is 0 Å². The van der Waals surface area contributed by atoms with E-state index in [1.165, 1.54) is 0 Å². The van der Waals surface area contributed by atoms with Crippen molar-refractivity contribution in [2.75, 3.05) is 11.5 Å². The Hall–Kier alpha value is -2.02. The van der Waals surface area contributed by atoms with Gasteiger partial charge in [0.1, 0.15) is 6.61 Å². The predicted molar refractivity (Wildman–Crippen MR) is 59.1 cm³/mol. The largest absolute Gasteiger partial charge is 0.447 e. The molecule has 82 valence electrons. The first-order chi connectivity index (χ1) is 7.76. The number of benzene rings is 1. The molecule has 0 aliphatic carbocycles. The predicted octanol–water partition coefficient (Wildman–Crippen LogP) is 2.29. The Kier molecular flexibility index (Phi) is 2.78. The van der Waals surface area contributed by atoms with Crippen molar-refractivity contribution in [3.63, 3.8) is 0 Å². The molecule has 0 aromatic heterocycles. The molecule has 0 bridgehead atoms. The molecule has 4 nitrogen and oxygen atoms in total. The highest BCUT2D eigenvalue weighted by atomic mass is 16.6. The van der Waals surface area contributed by atoms with Gasteiger partial charge < -0.3 is 4.74 Å². The Balaban J connectivity index is 2.28. The molecule has 0 radical (unpaired) electrons. The van der Waals surface area contributed by atoms with Crippen LogP contribution in [0.15, 0.2) is 24.3 Å². The average Bonchev–Trinajstić information content (AvgIpc) is 2.70. The van der Waals surface area contributed by atoms with Crippen LogP contribution < -0.4 is 4.90 Å². The molecule has 1 amide bonds. The van der Waals surface area contributed by atoms with E-state index < -0.39 is 0 Å². The van der Waals surface area contributed by atoms with Gasteiger partial charge >= 0.3 is 6.09 Å². The Morgan fingerprint density at radius 1 is 1.50 bits per heavy atom. The molecule has 1 saturated heterocycles. The molecule has 4 heteroatoms. The summed E-state index contributed by atoms with van der Waals surface area (Å²) in [5.74, 6) is 0. The third kappa shape index (κ3) is 1.72. The summed E-state index contributed by atoms with van der Waals surface area (Å²) in [6.07, 6.45) is 0.544. The highest BCUT2D eigenvalue weighted by Crippen LogP contribution is 2.24. The normalized spacial score (nSPS) is 19.4. The number of nitrogens with zero attached hydrogens (tertiary/aromatic N) is 2. The lowest BCUT2D eigenvalue weighted by atomic mass is 10.1. The van der Waals surface area contributed by atoms with E-state index in [-0.39, 0.29) is 12.1 Å². The molecule has 0 N–H and O–H groups in total. The van der Waals surface area contributed by atoms with Gasteiger partial charge in [-0.2, -0.15) is 5.26 Å². The molecule has 1 aliphatic rings. The van der Waals surface area contributed by atoms with Gasteiger partial charge in [-0.25, -0.2) is 4.79 Å². The van der Waals surface area contributed by atoms with Gasteiger partial charge in [0.25, 0.3) is 0 Å². The number of carbonyl (C=O) groups excluding carboxylic acids is 1. The van der Waals surface area contributed by atoms with Gasteiger partial charge in [0.2, 0.25) is 0 Å². The number of amides is 1. The van der Waals surface area contributed by atoms with Crippen LogP contribution in [0, 0.1) is 11.3 Å². The lowest BCUT2D eigenvalue weighted by Crippen LogP contribution is -2.32. The number of nitriles is 1. The molecule has 0 unspecified atom stereocenters. The molecule has 0 spiro atoms. The zero-order chi connectivity index (χ0) is 11.5. The van der Waals surface area contributed by atoms with Crippen molar-refractivity contribution in [2.24, 2.45) is 0 Å². The molecular weight excluding hydrogens is 204 g/mol. The number of carbonyl (C=O) groups is 1. The quantitative estimate of drug-likeness (QED) is 0.762. The van der Waals surface area contributed by atoms with E-state index in [0.717, 1.165) is 12.1 Å². The van der Waals surface area contributed by atoms with Crippen molar-refractivity contribution >= 4 is 11.8 Å². The fourth-order valence-electron chi connectivity index (χ4n) is 1.77. The van der Waals surface area contributed by atoms with Gasteiger partial charge in [-0.1, -0.05) is 6.92 Å². The van der Waals surface area contributed by atoms with Crippen molar-refractivity contribution in [3.8, 4) is 6.07 Å². The third-order valence-corrected chi connectivity index (χ3v) is 2.71. The fraction of sp³-hybridized carbons (Fsp3) is 0.333. The van der Waals surface area contributed by atoms with Crippen molar-refractivity contribution in [2.45, 2.75) is 19.4 Å². The molecule has 1 heterocycles. The number of rotatable bonds is 2. The summed E-state index contributed by atoms with van der Waals surface area (Å²) in [6, 6.07) is 9.09. The minimum Gasteiger partial charge on any atom is -0.447 e. The molecular formula is C12H12N2O2. The van der Waals surface area contributed by atoms with Crippen LogP contribution in [-0.4, -0.2) is 18.7 Å². The standard InChI is InChI=1S/C12H12N2O2/c1-2-10-8-16-12(15)14(10)11-5-3-9(7-13)4-6-11/h3-6,10H,2,8H2,1H3/t10-/m0/s1. The maximum atomic E-state index is 11.5. The summed E-state index contributed by atoms with van der Waals surface area (Å²) in [4.78, 5) is 13.2. The van der Waals surface area contributed by atoms with E-state index in [9.17, 15) is 4.79 Å². The lowest BCUT2D eigenvalue weighted by Gasteiger charge is -2.19. The highest BCUT2D eigenvalue weighted by molar-refractivity contribution is 5.90. The van der Waals surface area contributed by atoms with Crippen LogP contribution in [0.5, 0.6) is 0 Å². The van der Waals surface area contributed by atoms with Gasteiger partial charge in [0, 0.05) is 5.69 Å². The minimum atomic E-state index is -0.309. The summed E-state index contributed by atoms with van der Waals surface area (Å²) in [6.45, 7) is 2.46. The molecule has 1 aliphatic heterocycles. The van der Waals surface area contributed by atoms with Crippen LogP contribution >= 0.6 is 0 Å². The van der Waals surface area contributed by atoms with E-state index >= 15 is 0 Å². The lowest BCUT2D eigenvalue weighted by molar-refractivity contribution is 0.178. The summed E-state index contributed by atoms with van der Waals surface area (Å²) >= 11 is 0. The van der Waals surface area contributed by atoms with E-state index in [0.29, 0.717) is 12.2 Å².